The van der Waals surface area contributed by atoms with Crippen LogP contribution >= 0.6 is 23.4 Å². The van der Waals surface area contributed by atoms with Crippen molar-refractivity contribution in [3.8, 4) is 5.75 Å². The van der Waals surface area contributed by atoms with Crippen molar-refractivity contribution in [1.29, 1.82) is 0 Å². The number of aryl methyl sites for hydroxylation is 2. The molecule has 11 heteroatoms. The third kappa shape index (κ3) is 8.75. The maximum Gasteiger partial charge on any atom is 0.251 e. The molecule has 9 nitrogen and oxygen atoms in total. The summed E-state index contributed by atoms with van der Waals surface area (Å²) in [5, 5.41) is 4.16. The number of carbonyl (C=O) groups excluding carboxylic acids is 2. The molecule has 0 saturated carbocycles. The van der Waals surface area contributed by atoms with E-state index in [9.17, 15) is 9.59 Å². The summed E-state index contributed by atoms with van der Waals surface area (Å²) in [5.41, 5.74) is 4.83. The predicted octanol–water partition coefficient (Wildman–Crippen LogP) is 6.09. The lowest BCUT2D eigenvalue weighted by atomic mass is 10.0. The van der Waals surface area contributed by atoms with Crippen molar-refractivity contribution in [2.45, 2.75) is 31.6 Å². The van der Waals surface area contributed by atoms with Gasteiger partial charge >= 0.3 is 0 Å². The average Bonchev–Trinajstić information content (AvgIpc) is 3.05. The minimum atomic E-state index is -0.946. The molecule has 5 rings (SSSR count). The Bertz CT molecular complexity index is 1580. The number of benzene rings is 3. The third-order valence-corrected chi connectivity index (χ3v) is 8.46. The van der Waals surface area contributed by atoms with E-state index in [-0.39, 0.29) is 24.1 Å². The standard InChI is InChI=1S/C34H36ClN5O4S/c1-23-20-24(2)37-34(36-23)45-22-31(41)40(21-25-4-8-27(35)9-5-25)32(26-6-14-30(43-3)15-7-26)33(42)38-28-10-12-29(13-11-28)39-16-18-44-19-17-39/h4-15,20,32H,16-19,21-22H2,1-3H3,(H,38,42). The van der Waals surface area contributed by atoms with Crippen LogP contribution in [0.2, 0.25) is 5.02 Å². The third-order valence-electron chi connectivity index (χ3n) is 7.38. The lowest BCUT2D eigenvalue weighted by molar-refractivity contribution is -0.137. The van der Waals surface area contributed by atoms with Crippen molar-refractivity contribution in [3.63, 3.8) is 0 Å². The Kier molecular flexibility index (Phi) is 10.9. The Morgan fingerprint density at radius 1 is 0.978 bits per heavy atom. The summed E-state index contributed by atoms with van der Waals surface area (Å²) in [6.45, 7) is 6.98. The zero-order valence-corrected chi connectivity index (χ0v) is 27.1. The molecule has 0 bridgehead atoms. The molecule has 1 unspecified atom stereocenters. The highest BCUT2D eigenvalue weighted by atomic mass is 35.5. The largest absolute Gasteiger partial charge is 0.497 e. The Labute approximate surface area is 272 Å². The molecule has 1 saturated heterocycles. The number of anilines is 2. The SMILES string of the molecule is COc1ccc(C(C(=O)Nc2ccc(N3CCOCC3)cc2)N(Cc2ccc(Cl)cc2)C(=O)CSc2nc(C)cc(C)n2)cc1. The predicted molar refractivity (Wildman–Crippen MR) is 178 cm³/mol. The fourth-order valence-electron chi connectivity index (χ4n) is 5.12. The number of thioether (sulfide) groups is 1. The Hall–Kier alpha value is -4.12. The van der Waals surface area contributed by atoms with Crippen LogP contribution in [0.15, 0.2) is 84.0 Å². The lowest BCUT2D eigenvalue weighted by Crippen LogP contribution is -2.41. The van der Waals surface area contributed by atoms with Crippen LogP contribution in [0.4, 0.5) is 11.4 Å². The van der Waals surface area contributed by atoms with Gasteiger partial charge in [0.25, 0.3) is 5.91 Å². The number of carbonyl (C=O) groups is 2. The number of nitrogens with one attached hydrogen (secondary N) is 1. The number of ether oxygens (including phenoxy) is 2. The highest BCUT2D eigenvalue weighted by Gasteiger charge is 2.32. The summed E-state index contributed by atoms with van der Waals surface area (Å²) < 4.78 is 10.8. The number of amides is 2. The number of hydrogen-bond donors (Lipinski definition) is 1. The molecule has 1 aliphatic rings. The molecular formula is C34H36ClN5O4S. The van der Waals surface area contributed by atoms with Crippen molar-refractivity contribution in [2.24, 2.45) is 0 Å². The van der Waals surface area contributed by atoms with Crippen molar-refractivity contribution in [1.82, 2.24) is 14.9 Å². The molecule has 1 aromatic heterocycles. The zero-order chi connectivity index (χ0) is 31.8. The zero-order valence-electron chi connectivity index (χ0n) is 25.5. The van der Waals surface area contributed by atoms with Gasteiger partial charge in [-0.1, -0.05) is 47.6 Å². The van der Waals surface area contributed by atoms with Crippen LogP contribution in [0.5, 0.6) is 5.75 Å². The molecule has 1 N–H and O–H groups in total. The van der Waals surface area contributed by atoms with Crippen LogP contribution < -0.4 is 15.0 Å². The molecule has 0 radical (unpaired) electrons. The van der Waals surface area contributed by atoms with Gasteiger partial charge in [-0.2, -0.15) is 0 Å². The monoisotopic (exact) mass is 645 g/mol. The first kappa shape index (κ1) is 32.3. The average molecular weight is 646 g/mol. The first-order chi connectivity index (χ1) is 21.8. The summed E-state index contributed by atoms with van der Waals surface area (Å²) in [6.07, 6.45) is 0. The molecule has 0 spiro atoms. The summed E-state index contributed by atoms with van der Waals surface area (Å²) in [4.78, 5) is 41.1. The number of rotatable bonds is 11. The molecule has 3 aromatic carbocycles. The van der Waals surface area contributed by atoms with Gasteiger partial charge in [0.05, 0.1) is 26.1 Å². The fraction of sp³-hybridized carbons (Fsp3) is 0.294. The number of methoxy groups -OCH3 is 1. The van der Waals surface area contributed by atoms with E-state index in [0.717, 1.165) is 35.7 Å². The molecule has 4 aromatic rings. The first-order valence-corrected chi connectivity index (χ1v) is 16.0. The first-order valence-electron chi connectivity index (χ1n) is 14.7. The minimum Gasteiger partial charge on any atom is -0.497 e. The molecule has 2 amide bonds. The van der Waals surface area contributed by atoms with Crippen molar-refractivity contribution in [3.05, 3.63) is 106 Å². The van der Waals surface area contributed by atoms with Gasteiger partial charge < -0.3 is 24.6 Å². The summed E-state index contributed by atoms with van der Waals surface area (Å²) in [6, 6.07) is 23.1. The van der Waals surface area contributed by atoms with E-state index in [1.54, 1.807) is 36.3 Å². The van der Waals surface area contributed by atoms with Crippen LogP contribution in [-0.2, 0) is 20.9 Å². The maximum absolute atomic E-state index is 14.2. The summed E-state index contributed by atoms with van der Waals surface area (Å²) in [7, 11) is 1.59. The second-order valence-electron chi connectivity index (χ2n) is 10.7. The molecule has 1 aliphatic heterocycles. The van der Waals surface area contributed by atoms with Crippen molar-refractivity contribution >= 4 is 46.6 Å². The summed E-state index contributed by atoms with van der Waals surface area (Å²) >= 11 is 7.41. The van der Waals surface area contributed by atoms with Gasteiger partial charge in [0, 0.05) is 47.4 Å². The highest BCUT2D eigenvalue weighted by molar-refractivity contribution is 7.99. The Morgan fingerprint density at radius 2 is 1.62 bits per heavy atom. The maximum atomic E-state index is 14.2. The topological polar surface area (TPSA) is 96.9 Å². The number of aromatic nitrogens is 2. The molecule has 2 heterocycles. The van der Waals surface area contributed by atoms with Gasteiger partial charge in [-0.25, -0.2) is 9.97 Å². The quantitative estimate of drug-likeness (QED) is 0.155. The van der Waals surface area contributed by atoms with E-state index in [4.69, 9.17) is 21.1 Å². The van der Waals surface area contributed by atoms with Crippen molar-refractivity contribution in [2.75, 3.05) is 49.4 Å². The van der Waals surface area contributed by atoms with E-state index in [2.05, 4.69) is 20.2 Å². The number of morpholine rings is 1. The number of halogens is 1. The minimum absolute atomic E-state index is 0.0463. The molecule has 234 valence electrons. The van der Waals surface area contributed by atoms with E-state index in [1.807, 2.05) is 68.4 Å². The Balaban J connectivity index is 1.45. The molecule has 45 heavy (non-hydrogen) atoms. The van der Waals surface area contributed by atoms with Crippen LogP contribution in [0.1, 0.15) is 28.6 Å². The van der Waals surface area contributed by atoms with Gasteiger partial charge in [0.15, 0.2) is 5.16 Å². The van der Waals surface area contributed by atoms with Gasteiger partial charge in [-0.3, -0.25) is 9.59 Å². The molecular weight excluding hydrogens is 610 g/mol. The second kappa shape index (κ2) is 15.2. The molecule has 1 atom stereocenters. The highest BCUT2D eigenvalue weighted by Crippen LogP contribution is 2.29. The van der Waals surface area contributed by atoms with Gasteiger partial charge in [0.2, 0.25) is 5.91 Å². The smallest absolute Gasteiger partial charge is 0.251 e. The lowest BCUT2D eigenvalue weighted by Gasteiger charge is -2.32. The van der Waals surface area contributed by atoms with Crippen molar-refractivity contribution < 1.29 is 19.1 Å². The van der Waals surface area contributed by atoms with Crippen LogP contribution in [0.25, 0.3) is 0 Å². The Morgan fingerprint density at radius 3 is 2.24 bits per heavy atom. The normalized spacial score (nSPS) is 13.6. The fourth-order valence-corrected chi connectivity index (χ4v) is 6.09. The molecule has 1 fully saturated rings. The second-order valence-corrected chi connectivity index (χ2v) is 12.1. The van der Waals surface area contributed by atoms with Crippen LogP contribution in [0, 0.1) is 13.8 Å². The molecule has 0 aliphatic carbocycles. The van der Waals surface area contributed by atoms with Crippen LogP contribution in [-0.4, -0.2) is 65.8 Å². The number of hydrogen-bond acceptors (Lipinski definition) is 8. The van der Waals surface area contributed by atoms with E-state index in [1.165, 1.54) is 11.8 Å². The van der Waals surface area contributed by atoms with Gasteiger partial charge in [0.1, 0.15) is 11.8 Å². The summed E-state index contributed by atoms with van der Waals surface area (Å²) in [5.74, 6) is 0.116. The van der Waals surface area contributed by atoms with E-state index < -0.39 is 6.04 Å². The number of nitrogens with zero attached hydrogens (tertiary/aromatic N) is 4. The van der Waals surface area contributed by atoms with Crippen LogP contribution in [0.3, 0.4) is 0 Å². The van der Waals surface area contributed by atoms with E-state index >= 15 is 0 Å². The van der Waals surface area contributed by atoms with Gasteiger partial charge in [-0.05, 0) is 79.6 Å². The van der Waals surface area contributed by atoms with E-state index in [0.29, 0.717) is 40.4 Å². The van der Waals surface area contributed by atoms with Gasteiger partial charge in [-0.15, -0.1) is 0 Å².